The van der Waals surface area contributed by atoms with E-state index in [1.165, 1.54) is 12.1 Å². The van der Waals surface area contributed by atoms with Crippen LogP contribution in [0.25, 0.3) is 0 Å². The SMILES string of the molecule is COCC(C)(C)Nc1ccc(S(N)(=O)=O)cc1. The largest absolute Gasteiger partial charge is 0.382 e. The van der Waals surface area contributed by atoms with Crippen molar-refractivity contribution >= 4 is 15.7 Å². The van der Waals surface area contributed by atoms with Gasteiger partial charge in [-0.15, -0.1) is 0 Å². The van der Waals surface area contributed by atoms with Crippen molar-refractivity contribution < 1.29 is 13.2 Å². The Hall–Kier alpha value is -1.11. The molecule has 0 bridgehead atoms. The molecule has 0 unspecified atom stereocenters. The van der Waals surface area contributed by atoms with Gasteiger partial charge in [0.25, 0.3) is 0 Å². The van der Waals surface area contributed by atoms with Gasteiger partial charge in [0.2, 0.25) is 10.0 Å². The van der Waals surface area contributed by atoms with E-state index < -0.39 is 10.0 Å². The highest BCUT2D eigenvalue weighted by Gasteiger charge is 2.17. The molecule has 0 aliphatic heterocycles. The van der Waals surface area contributed by atoms with Crippen molar-refractivity contribution in [2.45, 2.75) is 24.3 Å². The lowest BCUT2D eigenvalue weighted by molar-refractivity contribution is 0.158. The van der Waals surface area contributed by atoms with Gasteiger partial charge in [-0.2, -0.15) is 0 Å². The molecule has 0 heterocycles. The summed E-state index contributed by atoms with van der Waals surface area (Å²) in [6.07, 6.45) is 0. The molecule has 17 heavy (non-hydrogen) atoms. The fourth-order valence-corrected chi connectivity index (χ4v) is 2.03. The first-order chi connectivity index (χ1) is 7.74. The van der Waals surface area contributed by atoms with E-state index in [4.69, 9.17) is 9.88 Å². The van der Waals surface area contributed by atoms with Gasteiger partial charge in [-0.05, 0) is 38.1 Å². The summed E-state index contributed by atoms with van der Waals surface area (Å²) in [4.78, 5) is 0.104. The maximum absolute atomic E-state index is 11.1. The number of hydrogen-bond donors (Lipinski definition) is 2. The molecule has 1 aromatic rings. The van der Waals surface area contributed by atoms with E-state index in [0.717, 1.165) is 5.69 Å². The number of hydrogen-bond acceptors (Lipinski definition) is 4. The van der Waals surface area contributed by atoms with Gasteiger partial charge in [-0.3, -0.25) is 0 Å². The molecule has 0 radical (unpaired) electrons. The third kappa shape index (κ3) is 4.33. The molecule has 0 saturated heterocycles. The van der Waals surface area contributed by atoms with E-state index in [0.29, 0.717) is 6.61 Å². The smallest absolute Gasteiger partial charge is 0.238 e. The van der Waals surface area contributed by atoms with Gasteiger partial charge in [0.1, 0.15) is 0 Å². The molecule has 5 nitrogen and oxygen atoms in total. The van der Waals surface area contributed by atoms with Gasteiger partial charge in [0.15, 0.2) is 0 Å². The van der Waals surface area contributed by atoms with Crippen molar-refractivity contribution in [3.05, 3.63) is 24.3 Å². The topological polar surface area (TPSA) is 81.4 Å². The molecule has 1 rings (SSSR count). The van der Waals surface area contributed by atoms with Gasteiger partial charge in [0, 0.05) is 12.8 Å². The monoisotopic (exact) mass is 258 g/mol. The highest BCUT2D eigenvalue weighted by molar-refractivity contribution is 7.89. The zero-order valence-corrected chi connectivity index (χ0v) is 11.0. The molecule has 0 fully saturated rings. The normalized spacial score (nSPS) is 12.5. The summed E-state index contributed by atoms with van der Waals surface area (Å²) in [6, 6.07) is 6.30. The zero-order valence-electron chi connectivity index (χ0n) is 10.2. The van der Waals surface area contributed by atoms with Gasteiger partial charge in [0.05, 0.1) is 17.0 Å². The van der Waals surface area contributed by atoms with Crippen LogP contribution in [0.1, 0.15) is 13.8 Å². The lowest BCUT2D eigenvalue weighted by Gasteiger charge is -2.26. The maximum atomic E-state index is 11.1. The van der Waals surface area contributed by atoms with E-state index in [2.05, 4.69) is 5.32 Å². The van der Waals surface area contributed by atoms with E-state index >= 15 is 0 Å². The highest BCUT2D eigenvalue weighted by atomic mass is 32.2. The summed E-state index contributed by atoms with van der Waals surface area (Å²) < 4.78 is 27.2. The molecular formula is C11H18N2O3S. The van der Waals surface area contributed by atoms with Crippen molar-refractivity contribution in [2.24, 2.45) is 5.14 Å². The number of anilines is 1. The molecule has 1 aromatic carbocycles. The number of nitrogens with one attached hydrogen (secondary N) is 1. The molecule has 0 aliphatic rings. The number of methoxy groups -OCH3 is 1. The van der Waals surface area contributed by atoms with Crippen LogP contribution in [0.2, 0.25) is 0 Å². The fourth-order valence-electron chi connectivity index (χ4n) is 1.52. The van der Waals surface area contributed by atoms with Crippen molar-refractivity contribution in [1.29, 1.82) is 0 Å². The van der Waals surface area contributed by atoms with Crippen LogP contribution in [0.5, 0.6) is 0 Å². The van der Waals surface area contributed by atoms with E-state index in [1.54, 1.807) is 19.2 Å². The quantitative estimate of drug-likeness (QED) is 0.830. The first kappa shape index (κ1) is 14.0. The lowest BCUT2D eigenvalue weighted by atomic mass is 10.1. The Bertz CT molecular complexity index is 466. The van der Waals surface area contributed by atoms with Crippen LogP contribution in [-0.4, -0.2) is 27.7 Å². The lowest BCUT2D eigenvalue weighted by Crippen LogP contribution is -2.35. The van der Waals surface area contributed by atoms with Gasteiger partial charge >= 0.3 is 0 Å². The third-order valence-electron chi connectivity index (χ3n) is 2.17. The summed E-state index contributed by atoms with van der Waals surface area (Å²) in [5, 5.41) is 8.25. The Labute approximate surface area is 102 Å². The van der Waals surface area contributed by atoms with Crippen LogP contribution >= 0.6 is 0 Å². The van der Waals surface area contributed by atoms with Crippen LogP contribution < -0.4 is 10.5 Å². The summed E-state index contributed by atoms with van der Waals surface area (Å²) in [6.45, 7) is 4.53. The predicted octanol–water partition coefficient (Wildman–Crippen LogP) is 1.17. The fraction of sp³-hybridized carbons (Fsp3) is 0.455. The molecule has 6 heteroatoms. The van der Waals surface area contributed by atoms with E-state index in [-0.39, 0.29) is 10.4 Å². The molecule has 0 amide bonds. The Morgan fingerprint density at radius 1 is 1.29 bits per heavy atom. The summed E-state index contributed by atoms with van der Waals surface area (Å²) >= 11 is 0. The Morgan fingerprint density at radius 3 is 2.24 bits per heavy atom. The zero-order chi connectivity index (χ0) is 13.1. The van der Waals surface area contributed by atoms with Crippen molar-refractivity contribution in [3.63, 3.8) is 0 Å². The highest BCUT2D eigenvalue weighted by Crippen LogP contribution is 2.17. The van der Waals surface area contributed by atoms with Gasteiger partial charge < -0.3 is 10.1 Å². The molecule has 0 aliphatic carbocycles. The van der Waals surface area contributed by atoms with Crippen molar-refractivity contribution in [1.82, 2.24) is 0 Å². The van der Waals surface area contributed by atoms with E-state index in [1.807, 2.05) is 13.8 Å². The average Bonchev–Trinajstić information content (AvgIpc) is 2.16. The molecule has 0 saturated carbocycles. The standard InChI is InChI=1S/C11H18N2O3S/c1-11(2,8-16-3)13-9-4-6-10(7-5-9)17(12,14)15/h4-7,13H,8H2,1-3H3,(H2,12,14,15). The first-order valence-corrected chi connectivity index (χ1v) is 6.69. The minimum Gasteiger partial charge on any atom is -0.382 e. The Morgan fingerprint density at radius 2 is 1.82 bits per heavy atom. The van der Waals surface area contributed by atoms with Crippen molar-refractivity contribution in [2.75, 3.05) is 19.0 Å². The molecular weight excluding hydrogens is 240 g/mol. The second kappa shape index (κ2) is 5.03. The minimum absolute atomic E-state index is 0.104. The number of benzene rings is 1. The second-order valence-corrected chi connectivity index (χ2v) is 6.07. The first-order valence-electron chi connectivity index (χ1n) is 5.15. The average molecular weight is 258 g/mol. The number of rotatable bonds is 5. The van der Waals surface area contributed by atoms with Crippen LogP contribution in [-0.2, 0) is 14.8 Å². The Balaban J connectivity index is 2.82. The van der Waals surface area contributed by atoms with Gasteiger partial charge in [-0.1, -0.05) is 0 Å². The minimum atomic E-state index is -3.63. The third-order valence-corrected chi connectivity index (χ3v) is 3.10. The van der Waals surface area contributed by atoms with E-state index in [9.17, 15) is 8.42 Å². The number of primary sulfonamides is 1. The second-order valence-electron chi connectivity index (χ2n) is 4.51. The van der Waals surface area contributed by atoms with Crippen LogP contribution in [0.3, 0.4) is 0 Å². The van der Waals surface area contributed by atoms with Crippen molar-refractivity contribution in [3.8, 4) is 0 Å². The molecule has 0 aromatic heterocycles. The molecule has 0 atom stereocenters. The predicted molar refractivity (Wildman–Crippen MR) is 67.4 cm³/mol. The molecule has 0 spiro atoms. The number of nitrogens with two attached hydrogens (primary N) is 1. The molecule has 96 valence electrons. The molecule has 3 N–H and O–H groups in total. The van der Waals surface area contributed by atoms with Crippen LogP contribution in [0, 0.1) is 0 Å². The summed E-state index contributed by atoms with van der Waals surface area (Å²) in [7, 11) is -1.99. The number of sulfonamides is 1. The summed E-state index contributed by atoms with van der Waals surface area (Å²) in [5.74, 6) is 0. The Kier molecular flexibility index (Phi) is 4.13. The number of ether oxygens (including phenoxy) is 1. The van der Waals surface area contributed by atoms with Crippen LogP contribution in [0.4, 0.5) is 5.69 Å². The van der Waals surface area contributed by atoms with Crippen LogP contribution in [0.15, 0.2) is 29.2 Å². The van der Waals surface area contributed by atoms with Gasteiger partial charge in [-0.25, -0.2) is 13.6 Å². The maximum Gasteiger partial charge on any atom is 0.238 e. The summed E-state index contributed by atoms with van der Waals surface area (Å²) in [5.41, 5.74) is 0.595.